The van der Waals surface area contributed by atoms with Crippen LogP contribution in [0.1, 0.15) is 24.9 Å². The van der Waals surface area contributed by atoms with Crippen LogP contribution in [0.5, 0.6) is 0 Å². The first-order valence-corrected chi connectivity index (χ1v) is 9.85. The van der Waals surface area contributed by atoms with Gasteiger partial charge in [0.15, 0.2) is 0 Å². The van der Waals surface area contributed by atoms with E-state index in [-0.39, 0.29) is 22.6 Å². The number of hydrogen-bond donors (Lipinski definition) is 2. The zero-order valence-electron chi connectivity index (χ0n) is 13.3. The van der Waals surface area contributed by atoms with E-state index in [1.54, 1.807) is 43.0 Å². The molecule has 0 fully saturated rings. The van der Waals surface area contributed by atoms with E-state index in [1.165, 1.54) is 6.07 Å². The molecule has 6 nitrogen and oxygen atoms in total. The van der Waals surface area contributed by atoms with Gasteiger partial charge >= 0.3 is 0 Å². The molecule has 1 aliphatic rings. The first kappa shape index (κ1) is 17.1. The second-order valence-corrected chi connectivity index (χ2v) is 8.92. The molecule has 0 bridgehead atoms. The summed E-state index contributed by atoms with van der Waals surface area (Å²) in [5.41, 5.74) is 0.533. The molecular formula is C16H18N2O4S2. The Hall–Kier alpha value is -1.77. The molecule has 0 aliphatic carbocycles. The largest absolute Gasteiger partial charge is 0.465 e. The van der Waals surface area contributed by atoms with Crippen LogP contribution in [0.15, 0.2) is 44.5 Å². The van der Waals surface area contributed by atoms with Crippen molar-refractivity contribution in [2.24, 2.45) is 0 Å². The van der Waals surface area contributed by atoms with Crippen LogP contribution in [0.3, 0.4) is 0 Å². The van der Waals surface area contributed by atoms with Gasteiger partial charge in [-0.2, -0.15) is 0 Å². The van der Waals surface area contributed by atoms with E-state index in [1.807, 2.05) is 6.92 Å². The maximum Gasteiger partial charge on any atom is 0.241 e. The Morgan fingerprint density at radius 3 is 2.83 bits per heavy atom. The van der Waals surface area contributed by atoms with Crippen molar-refractivity contribution in [3.8, 4) is 0 Å². The van der Waals surface area contributed by atoms with Gasteiger partial charge in [0.25, 0.3) is 0 Å². The number of fused-ring (bicyclic) bond motifs is 1. The normalized spacial score (nSPS) is 17.9. The van der Waals surface area contributed by atoms with Crippen molar-refractivity contribution in [3.63, 3.8) is 0 Å². The van der Waals surface area contributed by atoms with Gasteiger partial charge in [-0.15, -0.1) is 11.8 Å². The van der Waals surface area contributed by atoms with Gasteiger partial charge in [-0.25, -0.2) is 13.1 Å². The highest BCUT2D eigenvalue weighted by Crippen LogP contribution is 2.36. The number of hydrogen-bond acceptors (Lipinski definition) is 5. The van der Waals surface area contributed by atoms with Crippen LogP contribution in [0.4, 0.5) is 5.69 Å². The summed E-state index contributed by atoms with van der Waals surface area (Å²) in [5.74, 6) is 1.16. The minimum atomic E-state index is -3.70. The number of sulfonamides is 1. The maximum absolute atomic E-state index is 12.5. The van der Waals surface area contributed by atoms with E-state index < -0.39 is 10.0 Å². The lowest BCUT2D eigenvalue weighted by Crippen LogP contribution is -2.23. The molecule has 2 heterocycles. The van der Waals surface area contributed by atoms with Crippen LogP contribution >= 0.6 is 11.8 Å². The number of thioether (sulfide) groups is 1. The molecule has 0 radical (unpaired) electrons. The van der Waals surface area contributed by atoms with Crippen molar-refractivity contribution in [3.05, 3.63) is 41.9 Å². The van der Waals surface area contributed by atoms with Gasteiger partial charge in [0.1, 0.15) is 11.5 Å². The number of carbonyl (C=O) groups excluding carboxylic acids is 1. The van der Waals surface area contributed by atoms with E-state index in [0.29, 0.717) is 17.9 Å². The fourth-order valence-electron chi connectivity index (χ4n) is 2.43. The number of carbonyl (C=O) groups is 1. The van der Waals surface area contributed by atoms with Gasteiger partial charge in [0.2, 0.25) is 15.9 Å². The molecule has 8 heteroatoms. The third kappa shape index (κ3) is 3.82. The Bertz CT molecular complexity index is 874. The molecule has 1 aliphatic heterocycles. The summed E-state index contributed by atoms with van der Waals surface area (Å²) in [6.07, 6.45) is 0.400. The zero-order chi connectivity index (χ0) is 17.3. The molecule has 0 saturated carbocycles. The third-order valence-corrected chi connectivity index (χ3v) is 6.15. The lowest BCUT2D eigenvalue weighted by molar-refractivity contribution is -0.116. The van der Waals surface area contributed by atoms with Crippen LogP contribution in [0.25, 0.3) is 0 Å². The smallest absolute Gasteiger partial charge is 0.241 e. The molecule has 0 saturated heterocycles. The highest BCUT2D eigenvalue weighted by atomic mass is 32.2. The van der Waals surface area contributed by atoms with Crippen molar-refractivity contribution < 1.29 is 17.6 Å². The van der Waals surface area contributed by atoms with Gasteiger partial charge in [0.05, 0.1) is 17.1 Å². The monoisotopic (exact) mass is 366 g/mol. The van der Waals surface area contributed by atoms with Crippen molar-refractivity contribution in [2.45, 2.75) is 41.9 Å². The summed E-state index contributed by atoms with van der Waals surface area (Å²) in [4.78, 5) is 12.8. The predicted molar refractivity (Wildman–Crippen MR) is 92.5 cm³/mol. The van der Waals surface area contributed by atoms with Crippen LogP contribution in [-0.4, -0.2) is 19.6 Å². The zero-order valence-corrected chi connectivity index (χ0v) is 15.0. The molecule has 0 spiro atoms. The Labute approximate surface area is 145 Å². The minimum absolute atomic E-state index is 0.0748. The van der Waals surface area contributed by atoms with E-state index >= 15 is 0 Å². The van der Waals surface area contributed by atoms with Gasteiger partial charge < -0.3 is 9.73 Å². The summed E-state index contributed by atoms with van der Waals surface area (Å²) in [5, 5.41) is 2.92. The number of furan rings is 1. The van der Waals surface area contributed by atoms with E-state index in [2.05, 4.69) is 10.0 Å². The quantitative estimate of drug-likeness (QED) is 0.869. The standard InChI is InChI=1S/C16H18N2O4S2/c1-10-3-4-12(22-10)9-17-24(20,21)13-5-6-15-14(8-13)18-16(19)7-11(2)23-15/h3-6,8,11,17H,7,9H2,1-2H3,(H,18,19)/t11-/m1/s1. The number of rotatable bonds is 4. The second kappa shape index (κ2) is 6.62. The van der Waals surface area contributed by atoms with Crippen molar-refractivity contribution in [1.82, 2.24) is 4.72 Å². The highest BCUT2D eigenvalue weighted by Gasteiger charge is 2.22. The van der Waals surface area contributed by atoms with Crippen molar-refractivity contribution in [2.75, 3.05) is 5.32 Å². The van der Waals surface area contributed by atoms with Crippen LogP contribution in [0, 0.1) is 6.92 Å². The summed E-state index contributed by atoms with van der Waals surface area (Å²) in [6, 6.07) is 8.28. The van der Waals surface area contributed by atoms with E-state index in [9.17, 15) is 13.2 Å². The maximum atomic E-state index is 12.5. The van der Waals surface area contributed by atoms with Crippen molar-refractivity contribution >= 4 is 33.4 Å². The number of nitrogens with one attached hydrogen (secondary N) is 2. The molecule has 2 N–H and O–H groups in total. The molecular weight excluding hydrogens is 348 g/mol. The van der Waals surface area contributed by atoms with Gasteiger partial charge in [-0.1, -0.05) is 6.92 Å². The Morgan fingerprint density at radius 1 is 1.33 bits per heavy atom. The van der Waals surface area contributed by atoms with E-state index in [4.69, 9.17) is 4.42 Å². The fourth-order valence-corrected chi connectivity index (χ4v) is 4.50. The SMILES string of the molecule is Cc1ccc(CNS(=O)(=O)c2ccc3c(c2)NC(=O)C[C@@H](C)S3)o1. The minimum Gasteiger partial charge on any atom is -0.465 e. The van der Waals surface area contributed by atoms with Crippen molar-refractivity contribution in [1.29, 1.82) is 0 Å². The molecule has 2 aromatic rings. The molecule has 128 valence electrons. The highest BCUT2D eigenvalue weighted by molar-refractivity contribution is 8.00. The summed E-state index contributed by atoms with van der Waals surface area (Å²) >= 11 is 1.56. The molecule has 24 heavy (non-hydrogen) atoms. The number of anilines is 1. The van der Waals surface area contributed by atoms with E-state index in [0.717, 1.165) is 10.7 Å². The van der Waals surface area contributed by atoms with Gasteiger partial charge in [-0.3, -0.25) is 4.79 Å². The topological polar surface area (TPSA) is 88.4 Å². The predicted octanol–water partition coefficient (Wildman–Crippen LogP) is 2.89. The third-order valence-electron chi connectivity index (χ3n) is 3.57. The molecule has 3 rings (SSSR count). The Morgan fingerprint density at radius 2 is 2.12 bits per heavy atom. The molecule has 0 unspecified atom stereocenters. The Kier molecular flexibility index (Phi) is 4.71. The Balaban J connectivity index is 1.82. The molecule has 1 amide bonds. The lowest BCUT2D eigenvalue weighted by Gasteiger charge is -2.11. The van der Waals surface area contributed by atoms with Crippen LogP contribution in [0.2, 0.25) is 0 Å². The molecule has 1 atom stereocenters. The summed E-state index contributed by atoms with van der Waals surface area (Å²) < 4.78 is 32.8. The average Bonchev–Trinajstić information content (AvgIpc) is 2.85. The summed E-state index contributed by atoms with van der Waals surface area (Å²) in [7, 11) is -3.70. The van der Waals surface area contributed by atoms with Crippen LogP contribution in [-0.2, 0) is 21.4 Å². The first-order valence-electron chi connectivity index (χ1n) is 7.49. The number of amides is 1. The first-order chi connectivity index (χ1) is 11.3. The fraction of sp³-hybridized carbons (Fsp3) is 0.312. The van der Waals surface area contributed by atoms with Crippen LogP contribution < -0.4 is 10.0 Å². The van der Waals surface area contributed by atoms with Gasteiger partial charge in [-0.05, 0) is 37.3 Å². The summed E-state index contributed by atoms with van der Waals surface area (Å²) in [6.45, 7) is 3.84. The lowest BCUT2D eigenvalue weighted by atomic mass is 10.3. The number of aryl methyl sites for hydroxylation is 1. The number of benzene rings is 1. The average molecular weight is 366 g/mol. The van der Waals surface area contributed by atoms with Gasteiger partial charge in [0, 0.05) is 16.6 Å². The second-order valence-electron chi connectivity index (χ2n) is 5.68. The molecule has 1 aromatic carbocycles. The molecule has 1 aromatic heterocycles.